The van der Waals surface area contributed by atoms with Gasteiger partial charge >= 0.3 is 12.0 Å². The Kier molecular flexibility index (Phi) is 4.83. The second-order valence-corrected chi connectivity index (χ2v) is 4.77. The van der Waals surface area contributed by atoms with E-state index < -0.39 is 5.97 Å². The maximum Gasteiger partial charge on any atom is 0.336 e. The molecule has 5 nitrogen and oxygen atoms in total. The van der Waals surface area contributed by atoms with Gasteiger partial charge in [0.05, 0.1) is 5.56 Å². The first-order chi connectivity index (χ1) is 10.1. The van der Waals surface area contributed by atoms with Gasteiger partial charge in [-0.25, -0.2) is 9.59 Å². The highest BCUT2D eigenvalue weighted by molar-refractivity contribution is 5.97. The molecule has 2 N–H and O–H groups in total. The SMILES string of the molecule is CC#CCCNC(=O)N1CCCc2c(C(=O)O)cccc21. The van der Waals surface area contributed by atoms with Crippen molar-refractivity contribution in [1.29, 1.82) is 0 Å². The number of fused-ring (bicyclic) bond motifs is 1. The minimum Gasteiger partial charge on any atom is -0.478 e. The molecule has 0 radical (unpaired) electrons. The van der Waals surface area contributed by atoms with Crippen molar-refractivity contribution in [3.8, 4) is 11.8 Å². The summed E-state index contributed by atoms with van der Waals surface area (Å²) < 4.78 is 0. The van der Waals surface area contributed by atoms with Gasteiger partial charge in [0, 0.05) is 25.2 Å². The van der Waals surface area contributed by atoms with Crippen molar-refractivity contribution in [2.75, 3.05) is 18.0 Å². The van der Waals surface area contributed by atoms with E-state index in [0.29, 0.717) is 31.6 Å². The number of amides is 2. The number of anilines is 1. The summed E-state index contributed by atoms with van der Waals surface area (Å²) in [6, 6.07) is 4.86. The molecule has 1 aromatic carbocycles. The molecule has 0 aliphatic carbocycles. The Bertz CT molecular complexity index is 614. The van der Waals surface area contributed by atoms with Crippen LogP contribution in [0.15, 0.2) is 18.2 Å². The van der Waals surface area contributed by atoms with Crippen LogP contribution in [0.5, 0.6) is 0 Å². The molecule has 1 aromatic rings. The van der Waals surface area contributed by atoms with Gasteiger partial charge in [-0.15, -0.1) is 11.8 Å². The lowest BCUT2D eigenvalue weighted by atomic mass is 9.96. The minimum absolute atomic E-state index is 0.198. The normalized spacial score (nSPS) is 12.9. The van der Waals surface area contributed by atoms with Gasteiger partial charge < -0.3 is 10.4 Å². The zero-order chi connectivity index (χ0) is 15.2. The quantitative estimate of drug-likeness (QED) is 0.661. The van der Waals surface area contributed by atoms with Crippen molar-refractivity contribution in [3.05, 3.63) is 29.3 Å². The van der Waals surface area contributed by atoms with Crippen molar-refractivity contribution >= 4 is 17.7 Å². The predicted octanol–water partition coefficient (Wildman–Crippen LogP) is 2.26. The summed E-state index contributed by atoms with van der Waals surface area (Å²) in [5.41, 5.74) is 1.71. The van der Waals surface area contributed by atoms with E-state index in [1.165, 1.54) is 0 Å². The number of rotatable bonds is 3. The molecule has 5 heteroatoms. The number of nitrogens with one attached hydrogen (secondary N) is 1. The van der Waals surface area contributed by atoms with Gasteiger partial charge in [0.25, 0.3) is 0 Å². The maximum atomic E-state index is 12.2. The summed E-state index contributed by atoms with van der Waals surface area (Å²) >= 11 is 0. The van der Waals surface area contributed by atoms with Gasteiger partial charge in [-0.2, -0.15) is 0 Å². The molecule has 0 bridgehead atoms. The largest absolute Gasteiger partial charge is 0.478 e. The van der Waals surface area contributed by atoms with Crippen LogP contribution in [0.2, 0.25) is 0 Å². The van der Waals surface area contributed by atoms with Gasteiger partial charge in [-0.3, -0.25) is 4.90 Å². The average Bonchev–Trinajstić information content (AvgIpc) is 2.50. The first kappa shape index (κ1) is 14.9. The number of benzene rings is 1. The Morgan fingerprint density at radius 2 is 2.24 bits per heavy atom. The van der Waals surface area contributed by atoms with Crippen molar-refractivity contribution in [1.82, 2.24) is 5.32 Å². The zero-order valence-corrected chi connectivity index (χ0v) is 12.0. The van der Waals surface area contributed by atoms with Crippen LogP contribution in [-0.4, -0.2) is 30.2 Å². The van der Waals surface area contributed by atoms with Gasteiger partial charge in [0.2, 0.25) is 0 Å². The van der Waals surface area contributed by atoms with E-state index in [4.69, 9.17) is 0 Å². The first-order valence-electron chi connectivity index (χ1n) is 6.95. The highest BCUT2D eigenvalue weighted by atomic mass is 16.4. The molecule has 1 heterocycles. The van der Waals surface area contributed by atoms with Crippen LogP contribution in [0.4, 0.5) is 10.5 Å². The van der Waals surface area contributed by atoms with Gasteiger partial charge in [-0.05, 0) is 37.5 Å². The standard InChI is InChI=1S/C16H18N2O3/c1-2-3-4-10-17-16(21)18-11-6-8-12-13(15(19)20)7-5-9-14(12)18/h5,7,9H,4,6,8,10-11H2,1H3,(H,17,21)(H,19,20). The number of urea groups is 1. The molecule has 2 amide bonds. The molecule has 1 aliphatic heterocycles. The number of nitrogens with zero attached hydrogens (tertiary/aromatic N) is 1. The molecule has 1 aliphatic rings. The minimum atomic E-state index is -0.952. The Morgan fingerprint density at radius 3 is 2.95 bits per heavy atom. The monoisotopic (exact) mass is 286 g/mol. The molecule has 0 saturated carbocycles. The highest BCUT2D eigenvalue weighted by Gasteiger charge is 2.25. The molecular formula is C16H18N2O3. The zero-order valence-electron chi connectivity index (χ0n) is 12.0. The molecule has 2 rings (SSSR count). The van der Waals surface area contributed by atoms with Crippen molar-refractivity contribution in [3.63, 3.8) is 0 Å². The van der Waals surface area contributed by atoms with E-state index in [1.807, 2.05) is 0 Å². The fourth-order valence-electron chi connectivity index (χ4n) is 2.49. The van der Waals surface area contributed by atoms with E-state index in [0.717, 1.165) is 12.0 Å². The van der Waals surface area contributed by atoms with Crippen LogP contribution in [0.1, 0.15) is 35.7 Å². The summed E-state index contributed by atoms with van der Waals surface area (Å²) in [6.07, 6.45) is 2.06. The third-order valence-electron chi connectivity index (χ3n) is 3.43. The lowest BCUT2D eigenvalue weighted by Crippen LogP contribution is -2.43. The van der Waals surface area contributed by atoms with Crippen molar-refractivity contribution in [2.45, 2.75) is 26.2 Å². The van der Waals surface area contributed by atoms with E-state index in [1.54, 1.807) is 30.0 Å². The van der Waals surface area contributed by atoms with Crippen LogP contribution in [0.3, 0.4) is 0 Å². The second-order valence-electron chi connectivity index (χ2n) is 4.77. The molecule has 0 fully saturated rings. The van der Waals surface area contributed by atoms with E-state index in [-0.39, 0.29) is 11.6 Å². The van der Waals surface area contributed by atoms with Gasteiger partial charge in [-0.1, -0.05) is 6.07 Å². The molecule has 0 saturated heterocycles. The number of carboxylic acid groups (broad SMARTS) is 1. The molecule has 0 aromatic heterocycles. The topological polar surface area (TPSA) is 69.6 Å². The summed E-state index contributed by atoms with van der Waals surface area (Å²) in [5, 5.41) is 12.0. The van der Waals surface area contributed by atoms with Crippen LogP contribution in [-0.2, 0) is 6.42 Å². The Morgan fingerprint density at radius 1 is 1.43 bits per heavy atom. The van der Waals surface area contributed by atoms with Crippen molar-refractivity contribution < 1.29 is 14.7 Å². The van der Waals surface area contributed by atoms with Crippen molar-refractivity contribution in [2.24, 2.45) is 0 Å². The predicted molar refractivity (Wildman–Crippen MR) is 80.5 cm³/mol. The smallest absolute Gasteiger partial charge is 0.336 e. The fourth-order valence-corrected chi connectivity index (χ4v) is 2.49. The summed E-state index contributed by atoms with van der Waals surface area (Å²) in [5.74, 6) is 4.71. The fraction of sp³-hybridized carbons (Fsp3) is 0.375. The van der Waals surface area contributed by atoms with Crippen LogP contribution in [0, 0.1) is 11.8 Å². The third-order valence-corrected chi connectivity index (χ3v) is 3.43. The Balaban J connectivity index is 2.17. The second kappa shape index (κ2) is 6.80. The van der Waals surface area contributed by atoms with E-state index in [9.17, 15) is 14.7 Å². The molecule has 110 valence electrons. The van der Waals surface area contributed by atoms with Crippen LogP contribution < -0.4 is 10.2 Å². The third kappa shape index (κ3) is 3.34. The number of hydrogen-bond donors (Lipinski definition) is 2. The number of aromatic carboxylic acids is 1. The van der Waals surface area contributed by atoms with Crippen LogP contribution >= 0.6 is 0 Å². The molecule has 0 atom stereocenters. The maximum absolute atomic E-state index is 12.2. The Hall–Kier alpha value is -2.48. The summed E-state index contributed by atoms with van der Waals surface area (Å²) in [6.45, 7) is 2.85. The number of carbonyl (C=O) groups is 2. The first-order valence-corrected chi connectivity index (χ1v) is 6.95. The summed E-state index contributed by atoms with van der Waals surface area (Å²) in [7, 11) is 0. The Labute approximate surface area is 124 Å². The average molecular weight is 286 g/mol. The molecular weight excluding hydrogens is 268 g/mol. The molecule has 0 unspecified atom stereocenters. The lowest BCUT2D eigenvalue weighted by molar-refractivity contribution is 0.0695. The van der Waals surface area contributed by atoms with Crippen LogP contribution in [0.25, 0.3) is 0 Å². The van der Waals surface area contributed by atoms with E-state index >= 15 is 0 Å². The number of hydrogen-bond acceptors (Lipinski definition) is 2. The number of carboxylic acids is 1. The van der Waals surface area contributed by atoms with Gasteiger partial charge in [0.1, 0.15) is 0 Å². The van der Waals surface area contributed by atoms with E-state index in [2.05, 4.69) is 17.2 Å². The lowest BCUT2D eigenvalue weighted by Gasteiger charge is -2.30. The molecule has 21 heavy (non-hydrogen) atoms. The highest BCUT2D eigenvalue weighted by Crippen LogP contribution is 2.29. The van der Waals surface area contributed by atoms with Gasteiger partial charge in [0.15, 0.2) is 0 Å². The molecule has 0 spiro atoms. The summed E-state index contributed by atoms with van der Waals surface area (Å²) in [4.78, 5) is 25.1. The number of carbonyl (C=O) groups excluding carboxylic acids is 1.